The summed E-state index contributed by atoms with van der Waals surface area (Å²) in [5, 5.41) is 3.42. The number of hydrogen-bond donors (Lipinski definition) is 1. The molecule has 1 saturated carbocycles. The predicted molar refractivity (Wildman–Crippen MR) is 107 cm³/mol. The molecule has 1 aromatic carbocycles. The molecule has 0 aliphatic heterocycles. The molecule has 28 heavy (non-hydrogen) atoms. The molecule has 1 N–H and O–H groups in total. The maximum absolute atomic E-state index is 12.7. The monoisotopic (exact) mass is 403 g/mol. The van der Waals surface area contributed by atoms with Crippen LogP contribution in [-0.2, 0) is 19.1 Å². The highest BCUT2D eigenvalue weighted by molar-refractivity contribution is 7.18. The quantitative estimate of drug-likeness (QED) is 0.748. The second kappa shape index (κ2) is 9.14. The number of esters is 1. The van der Waals surface area contributed by atoms with Crippen LogP contribution in [0.2, 0.25) is 0 Å². The summed E-state index contributed by atoms with van der Waals surface area (Å²) in [6, 6.07) is 7.96. The number of likely N-dealkylation sites (N-methyl/N-ethyl adjacent to an activating group) is 2. The van der Waals surface area contributed by atoms with Gasteiger partial charge in [-0.05, 0) is 25.0 Å². The highest BCUT2D eigenvalue weighted by atomic mass is 32.1. The molecule has 7 nitrogen and oxygen atoms in total. The molecule has 1 heterocycles. The second-order valence-corrected chi connectivity index (χ2v) is 8.11. The van der Waals surface area contributed by atoms with Gasteiger partial charge in [-0.15, -0.1) is 11.3 Å². The zero-order valence-electron chi connectivity index (χ0n) is 16.1. The van der Waals surface area contributed by atoms with Gasteiger partial charge >= 0.3 is 5.97 Å². The number of aromatic nitrogens is 1. The van der Waals surface area contributed by atoms with Crippen LogP contribution in [0.25, 0.3) is 10.2 Å². The topological polar surface area (TPSA) is 88.6 Å². The Hall–Kier alpha value is -2.48. The molecule has 8 heteroatoms. The zero-order chi connectivity index (χ0) is 20.1. The Morgan fingerprint density at radius 1 is 1.25 bits per heavy atom. The van der Waals surface area contributed by atoms with Gasteiger partial charge < -0.3 is 15.0 Å². The summed E-state index contributed by atoms with van der Waals surface area (Å²) in [6.45, 7) is -0.417. The van der Waals surface area contributed by atoms with Crippen molar-refractivity contribution in [2.45, 2.75) is 31.6 Å². The van der Waals surface area contributed by atoms with Gasteiger partial charge in [0.1, 0.15) is 0 Å². The van der Waals surface area contributed by atoms with E-state index in [1.54, 1.807) is 11.3 Å². The average Bonchev–Trinajstić information content (AvgIpc) is 3.15. The minimum absolute atomic E-state index is 0.0253. The lowest BCUT2D eigenvalue weighted by atomic mass is 9.79. The molecule has 2 atom stereocenters. The molecule has 0 saturated heterocycles. The third-order valence-corrected chi connectivity index (χ3v) is 6.29. The molecule has 2 amide bonds. The van der Waals surface area contributed by atoms with Crippen LogP contribution in [0.15, 0.2) is 24.3 Å². The number of amides is 2. The number of carbonyl (C=O) groups is 3. The van der Waals surface area contributed by atoms with Gasteiger partial charge in [0.05, 0.1) is 27.7 Å². The van der Waals surface area contributed by atoms with Gasteiger partial charge in [0.25, 0.3) is 5.91 Å². The number of nitrogens with one attached hydrogen (secondary N) is 1. The van der Waals surface area contributed by atoms with Crippen LogP contribution in [0.1, 0.15) is 36.6 Å². The Bertz CT molecular complexity index is 833. The maximum Gasteiger partial charge on any atom is 0.310 e. The van der Waals surface area contributed by atoms with Gasteiger partial charge in [-0.3, -0.25) is 14.4 Å². The molecule has 0 bridgehead atoms. The molecule has 1 aliphatic carbocycles. The zero-order valence-corrected chi connectivity index (χ0v) is 17.0. The molecule has 2 aromatic rings. The third-order valence-electron chi connectivity index (χ3n) is 5.12. The van der Waals surface area contributed by atoms with Crippen molar-refractivity contribution in [2.24, 2.45) is 5.92 Å². The first-order valence-electron chi connectivity index (χ1n) is 9.46. The molecule has 1 aromatic heterocycles. The highest BCUT2D eigenvalue weighted by Gasteiger charge is 2.35. The number of ether oxygens (including phenoxy) is 1. The van der Waals surface area contributed by atoms with E-state index < -0.39 is 5.91 Å². The lowest BCUT2D eigenvalue weighted by Crippen LogP contribution is -2.39. The molecule has 1 aliphatic rings. The van der Waals surface area contributed by atoms with E-state index in [9.17, 15) is 14.4 Å². The van der Waals surface area contributed by atoms with Crippen molar-refractivity contribution >= 4 is 39.3 Å². The van der Waals surface area contributed by atoms with Gasteiger partial charge in [0.2, 0.25) is 5.91 Å². The summed E-state index contributed by atoms with van der Waals surface area (Å²) in [4.78, 5) is 42.2. The standard InChI is InChI=1S/C20H25N3O4S/c1-21-17(24)11-23(2)18(25)12-27-20(26)14-8-4-3-7-13(14)19-22-15-9-5-6-10-16(15)28-19/h5-6,9-10,13-14H,3-4,7-8,11-12H2,1-2H3,(H,21,24)/t13-,14-/m0/s1. The van der Waals surface area contributed by atoms with Crippen molar-refractivity contribution in [3.05, 3.63) is 29.3 Å². The van der Waals surface area contributed by atoms with E-state index >= 15 is 0 Å². The van der Waals surface area contributed by atoms with Crippen molar-refractivity contribution < 1.29 is 19.1 Å². The summed E-state index contributed by atoms with van der Waals surface area (Å²) in [5.41, 5.74) is 0.950. The Kier molecular flexibility index (Phi) is 6.61. The fraction of sp³-hybridized carbons (Fsp3) is 0.500. The van der Waals surface area contributed by atoms with Crippen molar-refractivity contribution in [1.82, 2.24) is 15.2 Å². The highest BCUT2D eigenvalue weighted by Crippen LogP contribution is 2.41. The van der Waals surface area contributed by atoms with E-state index in [1.807, 2.05) is 24.3 Å². The smallest absolute Gasteiger partial charge is 0.310 e. The molecule has 0 unspecified atom stereocenters. The number of fused-ring (bicyclic) bond motifs is 1. The Morgan fingerprint density at radius 2 is 2.00 bits per heavy atom. The van der Waals surface area contributed by atoms with E-state index in [0.29, 0.717) is 0 Å². The van der Waals surface area contributed by atoms with E-state index in [2.05, 4.69) is 5.32 Å². The van der Waals surface area contributed by atoms with Crippen LogP contribution < -0.4 is 5.32 Å². The van der Waals surface area contributed by atoms with Gasteiger partial charge in [0.15, 0.2) is 6.61 Å². The predicted octanol–water partition coefficient (Wildman–Crippen LogP) is 2.32. The van der Waals surface area contributed by atoms with Crippen LogP contribution in [0.3, 0.4) is 0 Å². The van der Waals surface area contributed by atoms with Crippen LogP contribution in [0, 0.1) is 5.92 Å². The molecule has 0 spiro atoms. The van der Waals surface area contributed by atoms with Crippen LogP contribution >= 0.6 is 11.3 Å². The second-order valence-electron chi connectivity index (χ2n) is 7.05. The normalized spacial score (nSPS) is 19.2. The Morgan fingerprint density at radius 3 is 2.75 bits per heavy atom. The molecular weight excluding hydrogens is 378 g/mol. The first kappa shape index (κ1) is 20.3. The lowest BCUT2D eigenvalue weighted by Gasteiger charge is -2.28. The average molecular weight is 404 g/mol. The maximum atomic E-state index is 12.7. The number of para-hydroxylation sites is 1. The van der Waals surface area contributed by atoms with Crippen molar-refractivity contribution in [1.29, 1.82) is 0 Å². The third kappa shape index (κ3) is 4.67. The number of rotatable bonds is 6. The minimum Gasteiger partial charge on any atom is -0.455 e. The van der Waals surface area contributed by atoms with Crippen molar-refractivity contribution in [3.8, 4) is 0 Å². The van der Waals surface area contributed by atoms with Gasteiger partial charge in [-0.25, -0.2) is 4.98 Å². The SMILES string of the molecule is CNC(=O)CN(C)C(=O)COC(=O)[C@H]1CCCC[C@@H]1c1nc2ccccc2s1. The van der Waals surface area contributed by atoms with Crippen molar-refractivity contribution in [3.63, 3.8) is 0 Å². The van der Waals surface area contributed by atoms with Crippen LogP contribution in [0.4, 0.5) is 0 Å². The summed E-state index contributed by atoms with van der Waals surface area (Å²) in [5.74, 6) is -1.29. The van der Waals surface area contributed by atoms with Gasteiger partial charge in [0, 0.05) is 20.0 Å². The number of hydrogen-bond acceptors (Lipinski definition) is 6. The summed E-state index contributed by atoms with van der Waals surface area (Å²) in [7, 11) is 3.02. The first-order valence-corrected chi connectivity index (χ1v) is 10.3. The van der Waals surface area contributed by atoms with Crippen LogP contribution in [-0.4, -0.2) is 54.9 Å². The summed E-state index contributed by atoms with van der Waals surface area (Å²) in [6.07, 6.45) is 3.65. The van der Waals surface area contributed by atoms with Gasteiger partial charge in [-0.2, -0.15) is 0 Å². The largest absolute Gasteiger partial charge is 0.455 e. The number of nitrogens with zero attached hydrogens (tertiary/aromatic N) is 2. The van der Waals surface area contributed by atoms with E-state index in [4.69, 9.17) is 9.72 Å². The van der Waals surface area contributed by atoms with E-state index in [0.717, 1.165) is 40.9 Å². The summed E-state index contributed by atoms with van der Waals surface area (Å²) >= 11 is 1.63. The van der Waals surface area contributed by atoms with Gasteiger partial charge in [-0.1, -0.05) is 25.0 Å². The minimum atomic E-state index is -0.399. The number of thiazole rings is 1. The fourth-order valence-electron chi connectivity index (χ4n) is 3.49. The fourth-order valence-corrected chi connectivity index (χ4v) is 4.66. The molecule has 1 fully saturated rings. The van der Waals surface area contributed by atoms with Crippen molar-refractivity contribution in [2.75, 3.05) is 27.2 Å². The molecule has 3 rings (SSSR count). The first-order chi connectivity index (χ1) is 13.5. The lowest BCUT2D eigenvalue weighted by molar-refractivity contribution is -0.156. The Labute approximate surface area is 168 Å². The number of benzene rings is 1. The van der Waals surface area contributed by atoms with Crippen LogP contribution in [0.5, 0.6) is 0 Å². The number of carbonyl (C=O) groups excluding carboxylic acids is 3. The van der Waals surface area contributed by atoms with E-state index in [1.165, 1.54) is 19.0 Å². The molecular formula is C20H25N3O4S. The molecule has 0 radical (unpaired) electrons. The summed E-state index contributed by atoms with van der Waals surface area (Å²) < 4.78 is 6.43. The Balaban J connectivity index is 1.64. The van der Waals surface area contributed by atoms with E-state index in [-0.39, 0.29) is 36.9 Å². The molecule has 150 valence electrons.